The lowest BCUT2D eigenvalue weighted by Gasteiger charge is -2.25. The maximum Gasteiger partial charge on any atom is 0.241 e. The predicted molar refractivity (Wildman–Crippen MR) is 138 cm³/mol. The number of hydrogen-bond acceptors (Lipinski definition) is 4. The van der Waals surface area contributed by atoms with Crippen LogP contribution in [0.25, 0.3) is 0 Å². The van der Waals surface area contributed by atoms with Crippen LogP contribution in [-0.2, 0) is 17.9 Å². The summed E-state index contributed by atoms with van der Waals surface area (Å²) in [6.45, 7) is 3.32. The second-order valence-electron chi connectivity index (χ2n) is 9.68. The van der Waals surface area contributed by atoms with Crippen LogP contribution >= 0.6 is 24.0 Å². The van der Waals surface area contributed by atoms with Crippen molar-refractivity contribution in [1.29, 1.82) is 0 Å². The maximum atomic E-state index is 12.1. The largest absolute Gasteiger partial charge is 0.392 e. The van der Waals surface area contributed by atoms with Gasteiger partial charge in [-0.3, -0.25) is 9.69 Å². The fraction of sp³-hybridized carbons (Fsp3) is 0.667. The van der Waals surface area contributed by atoms with Crippen LogP contribution < -0.4 is 10.6 Å². The number of β-amino-alcohol motifs (C(OH)–C–C–N with tert-alkyl or cyclic N) is 1. The molecule has 0 spiro atoms. The number of aliphatic hydroxyl groups is 1. The molecule has 178 valence electrons. The summed E-state index contributed by atoms with van der Waals surface area (Å²) in [6.07, 6.45) is 5.84. The van der Waals surface area contributed by atoms with Crippen LogP contribution in [0.1, 0.15) is 43.2 Å². The van der Waals surface area contributed by atoms with Gasteiger partial charge in [-0.1, -0.05) is 30.7 Å². The number of nitrogens with one attached hydrogen (secondary N) is 2. The first-order valence-electron chi connectivity index (χ1n) is 11.7. The molecule has 1 aromatic rings. The van der Waals surface area contributed by atoms with E-state index in [1.807, 2.05) is 0 Å². The highest BCUT2D eigenvalue weighted by atomic mass is 127. The van der Waals surface area contributed by atoms with Crippen LogP contribution in [0.3, 0.4) is 0 Å². The third-order valence-electron chi connectivity index (χ3n) is 7.13. The number of likely N-dealkylation sites (N-methyl/N-ethyl adjacent to an activating group) is 1. The van der Waals surface area contributed by atoms with Crippen molar-refractivity contribution in [2.24, 2.45) is 16.8 Å². The van der Waals surface area contributed by atoms with Gasteiger partial charge in [0.25, 0.3) is 0 Å². The second-order valence-corrected chi connectivity index (χ2v) is 9.68. The zero-order valence-electron chi connectivity index (χ0n) is 19.3. The Morgan fingerprint density at radius 1 is 1.19 bits per heavy atom. The number of fused-ring (bicyclic) bond motifs is 2. The van der Waals surface area contributed by atoms with E-state index in [1.165, 1.54) is 36.8 Å². The third-order valence-corrected chi connectivity index (χ3v) is 7.13. The number of nitrogens with zero attached hydrogens (tertiary/aromatic N) is 3. The minimum Gasteiger partial charge on any atom is -0.392 e. The average molecular weight is 556 g/mol. The molecule has 3 fully saturated rings. The highest BCUT2D eigenvalue weighted by molar-refractivity contribution is 14.0. The molecule has 1 saturated heterocycles. The number of rotatable bonds is 7. The zero-order chi connectivity index (χ0) is 21.8. The van der Waals surface area contributed by atoms with Crippen LogP contribution in [0.2, 0.25) is 0 Å². The number of benzene rings is 1. The van der Waals surface area contributed by atoms with Gasteiger partial charge in [0, 0.05) is 39.8 Å². The molecule has 2 saturated carbocycles. The van der Waals surface area contributed by atoms with Crippen molar-refractivity contribution in [3.63, 3.8) is 0 Å². The molecule has 4 atom stereocenters. The molecular formula is C24H38IN5O2. The number of carbonyl (C=O) groups excluding carboxylic acids is 1. The van der Waals surface area contributed by atoms with Gasteiger partial charge in [-0.25, -0.2) is 4.99 Å². The van der Waals surface area contributed by atoms with Crippen LogP contribution in [0.4, 0.5) is 0 Å². The summed E-state index contributed by atoms with van der Waals surface area (Å²) in [5, 5.41) is 16.7. The Kier molecular flexibility index (Phi) is 9.19. The molecule has 0 radical (unpaired) electrons. The molecule has 32 heavy (non-hydrogen) atoms. The van der Waals surface area contributed by atoms with Crippen LogP contribution in [0.5, 0.6) is 0 Å². The quantitative estimate of drug-likeness (QED) is 0.273. The van der Waals surface area contributed by atoms with E-state index < -0.39 is 0 Å². The lowest BCUT2D eigenvalue weighted by atomic mass is 9.95. The lowest BCUT2D eigenvalue weighted by Crippen LogP contribution is -2.48. The molecule has 1 heterocycles. The molecule has 3 N–H and O–H groups in total. The Labute approximate surface area is 209 Å². The van der Waals surface area contributed by atoms with Crippen molar-refractivity contribution in [1.82, 2.24) is 20.4 Å². The lowest BCUT2D eigenvalue weighted by molar-refractivity contribution is -0.127. The summed E-state index contributed by atoms with van der Waals surface area (Å²) in [4.78, 5) is 20.9. The van der Waals surface area contributed by atoms with E-state index in [0.29, 0.717) is 12.6 Å². The Morgan fingerprint density at radius 2 is 1.97 bits per heavy atom. The molecule has 3 aliphatic rings. The molecule has 1 amide bonds. The van der Waals surface area contributed by atoms with Gasteiger partial charge in [0.2, 0.25) is 5.91 Å². The van der Waals surface area contributed by atoms with Crippen molar-refractivity contribution in [2.75, 3.05) is 33.7 Å². The van der Waals surface area contributed by atoms with E-state index in [-0.39, 0.29) is 42.5 Å². The third kappa shape index (κ3) is 6.57. The minimum absolute atomic E-state index is 0. The van der Waals surface area contributed by atoms with E-state index in [2.05, 4.69) is 39.8 Å². The van der Waals surface area contributed by atoms with Crippen molar-refractivity contribution in [3.05, 3.63) is 35.4 Å². The monoisotopic (exact) mass is 555 g/mol. The molecule has 1 aliphatic heterocycles. The first-order valence-corrected chi connectivity index (χ1v) is 11.7. The summed E-state index contributed by atoms with van der Waals surface area (Å²) >= 11 is 0. The average Bonchev–Trinajstić information content (AvgIpc) is 3.48. The SMILES string of the molecule is CN(C)C(=O)CNC(=NCc1ccccc1CN1CCC(O)C1)NC1CC2CCC1C2.I. The van der Waals surface area contributed by atoms with Crippen LogP contribution in [-0.4, -0.2) is 72.6 Å². The van der Waals surface area contributed by atoms with Gasteiger partial charge in [-0.15, -0.1) is 24.0 Å². The Bertz CT molecular complexity index is 802. The summed E-state index contributed by atoms with van der Waals surface area (Å²) in [6, 6.07) is 8.87. The van der Waals surface area contributed by atoms with E-state index in [9.17, 15) is 9.90 Å². The van der Waals surface area contributed by atoms with Crippen LogP contribution in [0, 0.1) is 11.8 Å². The molecule has 4 rings (SSSR count). The Balaban J connectivity index is 0.00000289. The van der Waals surface area contributed by atoms with Crippen LogP contribution in [0.15, 0.2) is 29.3 Å². The van der Waals surface area contributed by atoms with Crippen molar-refractivity contribution >= 4 is 35.8 Å². The van der Waals surface area contributed by atoms with E-state index >= 15 is 0 Å². The van der Waals surface area contributed by atoms with Gasteiger partial charge in [-0.05, 0) is 48.6 Å². The smallest absolute Gasteiger partial charge is 0.241 e. The number of aliphatic imine (C=N–C) groups is 1. The van der Waals surface area contributed by atoms with E-state index in [4.69, 9.17) is 4.99 Å². The van der Waals surface area contributed by atoms with Crippen molar-refractivity contribution < 1.29 is 9.90 Å². The first-order chi connectivity index (χ1) is 15.0. The van der Waals surface area contributed by atoms with Crippen molar-refractivity contribution in [3.8, 4) is 0 Å². The zero-order valence-corrected chi connectivity index (χ0v) is 21.6. The molecule has 2 bridgehead atoms. The summed E-state index contributed by atoms with van der Waals surface area (Å²) in [5.41, 5.74) is 2.45. The van der Waals surface area contributed by atoms with E-state index in [1.54, 1.807) is 19.0 Å². The van der Waals surface area contributed by atoms with Gasteiger partial charge >= 0.3 is 0 Å². The summed E-state index contributed by atoms with van der Waals surface area (Å²) in [7, 11) is 3.55. The highest BCUT2D eigenvalue weighted by Crippen LogP contribution is 2.44. The number of aliphatic hydroxyl groups excluding tert-OH is 1. The number of carbonyl (C=O) groups is 1. The Hall–Kier alpha value is -1.39. The van der Waals surface area contributed by atoms with Gasteiger partial charge in [0.05, 0.1) is 19.2 Å². The number of likely N-dealkylation sites (tertiary alicyclic amines) is 1. The first kappa shape index (κ1) is 25.2. The molecule has 0 aromatic heterocycles. The van der Waals surface area contributed by atoms with Gasteiger partial charge in [0.1, 0.15) is 0 Å². The number of hydrogen-bond donors (Lipinski definition) is 3. The fourth-order valence-corrected chi connectivity index (χ4v) is 5.29. The fourth-order valence-electron chi connectivity index (χ4n) is 5.29. The van der Waals surface area contributed by atoms with E-state index in [0.717, 1.165) is 43.9 Å². The number of guanidine groups is 1. The molecular weight excluding hydrogens is 517 g/mol. The number of amides is 1. The summed E-state index contributed by atoms with van der Waals surface area (Å²) in [5.74, 6) is 2.36. The van der Waals surface area contributed by atoms with Crippen molar-refractivity contribution in [2.45, 2.75) is 57.3 Å². The second kappa shape index (κ2) is 11.7. The highest BCUT2D eigenvalue weighted by Gasteiger charge is 2.39. The standard InChI is InChI=1S/C24H37N5O2.HI/c1-28(2)23(31)14-26-24(27-22-12-17-7-8-18(22)11-17)25-13-19-5-3-4-6-20(19)15-29-10-9-21(30)16-29;/h3-6,17-18,21-22,30H,7-16H2,1-2H3,(H2,25,26,27);1H. The maximum absolute atomic E-state index is 12.1. The molecule has 2 aliphatic carbocycles. The van der Waals surface area contributed by atoms with Gasteiger partial charge < -0.3 is 20.6 Å². The molecule has 7 nitrogen and oxygen atoms in total. The minimum atomic E-state index is -0.207. The van der Waals surface area contributed by atoms with Gasteiger partial charge in [0.15, 0.2) is 5.96 Å². The predicted octanol–water partition coefficient (Wildman–Crippen LogP) is 2.18. The van der Waals surface area contributed by atoms with Gasteiger partial charge in [-0.2, -0.15) is 0 Å². The number of halogens is 1. The molecule has 8 heteroatoms. The Morgan fingerprint density at radius 3 is 2.59 bits per heavy atom. The summed E-state index contributed by atoms with van der Waals surface area (Å²) < 4.78 is 0. The molecule has 1 aromatic carbocycles. The normalized spacial score (nSPS) is 27.3. The molecule has 4 unspecified atom stereocenters. The topological polar surface area (TPSA) is 80.2 Å².